The number of rotatable bonds is 9. The second-order valence-corrected chi connectivity index (χ2v) is 8.65. The zero-order chi connectivity index (χ0) is 23.0. The van der Waals surface area contributed by atoms with E-state index in [1.165, 1.54) is 35.1 Å². The number of benzene rings is 3. The second kappa shape index (κ2) is 10.8. The molecule has 1 atom stereocenters. The summed E-state index contributed by atoms with van der Waals surface area (Å²) in [5.41, 5.74) is 12.8. The molecule has 1 aliphatic rings. The van der Waals surface area contributed by atoms with Crippen molar-refractivity contribution in [1.29, 1.82) is 0 Å². The molecule has 1 heterocycles. The van der Waals surface area contributed by atoms with Crippen LogP contribution in [0.2, 0.25) is 0 Å². The molecule has 0 aliphatic carbocycles. The van der Waals surface area contributed by atoms with Crippen molar-refractivity contribution in [1.82, 2.24) is 15.5 Å². The molecule has 0 saturated carbocycles. The van der Waals surface area contributed by atoms with E-state index in [9.17, 15) is 0 Å². The van der Waals surface area contributed by atoms with Gasteiger partial charge in [0.2, 0.25) is 0 Å². The fraction of sp³-hybridized carbons (Fsp3) is 0.241. The Balaban J connectivity index is 1.40. The molecule has 33 heavy (non-hydrogen) atoms. The second-order valence-electron chi connectivity index (χ2n) is 8.65. The van der Waals surface area contributed by atoms with E-state index in [1.54, 1.807) is 0 Å². The lowest BCUT2D eigenvalue weighted by Gasteiger charge is -2.40. The summed E-state index contributed by atoms with van der Waals surface area (Å²) >= 11 is 0. The Morgan fingerprint density at radius 3 is 2.39 bits per heavy atom. The first kappa shape index (κ1) is 22.5. The average molecular weight is 439 g/mol. The summed E-state index contributed by atoms with van der Waals surface area (Å²) in [4.78, 5) is 2.48. The minimum Gasteiger partial charge on any atom is -0.399 e. The lowest BCUT2D eigenvalue weighted by Crippen LogP contribution is -2.37. The van der Waals surface area contributed by atoms with E-state index in [0.29, 0.717) is 19.1 Å². The molecule has 4 heteroatoms. The number of nitrogens with zero attached hydrogens (tertiary/aromatic N) is 1. The van der Waals surface area contributed by atoms with E-state index in [-0.39, 0.29) is 0 Å². The Bertz CT molecular complexity index is 1070. The van der Waals surface area contributed by atoms with Crippen molar-refractivity contribution in [3.8, 4) is 11.1 Å². The van der Waals surface area contributed by atoms with Crippen LogP contribution in [-0.2, 0) is 6.54 Å². The van der Waals surface area contributed by atoms with Crippen LogP contribution in [0.15, 0.2) is 104 Å². The van der Waals surface area contributed by atoms with Crippen molar-refractivity contribution in [2.75, 3.05) is 18.8 Å². The van der Waals surface area contributed by atoms with Crippen molar-refractivity contribution in [2.45, 2.75) is 31.8 Å². The summed E-state index contributed by atoms with van der Waals surface area (Å²) in [7, 11) is 0. The number of anilines is 1. The molecule has 0 amide bonds. The molecule has 1 fully saturated rings. The number of hydrogen-bond donors (Lipinski definition) is 3. The van der Waals surface area contributed by atoms with Crippen LogP contribution in [0.5, 0.6) is 0 Å². The minimum atomic E-state index is 0.334. The molecule has 4 N–H and O–H groups in total. The highest BCUT2D eigenvalue weighted by Gasteiger charge is 2.26. The van der Waals surface area contributed by atoms with Gasteiger partial charge in [0.15, 0.2) is 0 Å². The van der Waals surface area contributed by atoms with Crippen LogP contribution in [0.25, 0.3) is 11.1 Å². The van der Waals surface area contributed by atoms with E-state index in [4.69, 9.17) is 5.73 Å². The van der Waals surface area contributed by atoms with Gasteiger partial charge in [-0.2, -0.15) is 0 Å². The summed E-state index contributed by atoms with van der Waals surface area (Å²) in [5, 5.41) is 6.75. The van der Waals surface area contributed by atoms with Crippen molar-refractivity contribution < 1.29 is 0 Å². The Kier molecular flexibility index (Phi) is 7.36. The van der Waals surface area contributed by atoms with Crippen LogP contribution in [0.1, 0.15) is 36.4 Å². The monoisotopic (exact) mass is 438 g/mol. The predicted molar refractivity (Wildman–Crippen MR) is 139 cm³/mol. The van der Waals surface area contributed by atoms with E-state index in [1.807, 2.05) is 24.3 Å². The molecule has 0 aromatic heterocycles. The topological polar surface area (TPSA) is 53.3 Å². The van der Waals surface area contributed by atoms with Gasteiger partial charge in [-0.3, -0.25) is 0 Å². The number of hydrogen-bond acceptors (Lipinski definition) is 4. The number of nitrogen functional groups attached to an aromatic ring is 1. The molecule has 0 spiro atoms. The smallest absolute Gasteiger partial charge is 0.0918 e. The van der Waals surface area contributed by atoms with Gasteiger partial charge in [-0.05, 0) is 53.6 Å². The predicted octanol–water partition coefficient (Wildman–Crippen LogP) is 5.83. The third-order valence-corrected chi connectivity index (χ3v) is 6.31. The van der Waals surface area contributed by atoms with Crippen LogP contribution in [0.3, 0.4) is 0 Å². The molecule has 3 aromatic carbocycles. The lowest BCUT2D eigenvalue weighted by molar-refractivity contribution is 0.193. The summed E-state index contributed by atoms with van der Waals surface area (Å²) in [6.45, 7) is 11.0. The van der Waals surface area contributed by atoms with Crippen LogP contribution in [-0.4, -0.2) is 18.0 Å². The molecule has 4 rings (SSSR count). The zero-order valence-corrected chi connectivity index (χ0v) is 19.3. The van der Waals surface area contributed by atoms with Crippen molar-refractivity contribution >= 4 is 5.69 Å². The molecule has 170 valence electrons. The maximum atomic E-state index is 5.77. The van der Waals surface area contributed by atoms with Gasteiger partial charge in [0.05, 0.1) is 18.4 Å². The molecule has 1 unspecified atom stereocenters. The van der Waals surface area contributed by atoms with Gasteiger partial charge in [-0.25, -0.2) is 0 Å². The van der Waals surface area contributed by atoms with Gasteiger partial charge >= 0.3 is 0 Å². The Hall–Kier alpha value is -3.66. The highest BCUT2D eigenvalue weighted by molar-refractivity contribution is 5.68. The SMILES string of the molecule is C=C(NCC(=C)N1CCCCC1c1ccccc1-c1ccccc1)NCc1ccc(N)cc1. The van der Waals surface area contributed by atoms with E-state index in [0.717, 1.165) is 30.2 Å². The first-order chi connectivity index (χ1) is 16.1. The van der Waals surface area contributed by atoms with E-state index >= 15 is 0 Å². The molecule has 1 aliphatic heterocycles. The normalized spacial score (nSPS) is 15.6. The third-order valence-electron chi connectivity index (χ3n) is 6.31. The third kappa shape index (κ3) is 5.78. The Morgan fingerprint density at radius 2 is 1.61 bits per heavy atom. The molecular formula is C29H34N4. The quantitative estimate of drug-likeness (QED) is 0.368. The summed E-state index contributed by atoms with van der Waals surface area (Å²) in [6, 6.07) is 27.7. The molecule has 0 bridgehead atoms. The molecule has 4 nitrogen and oxygen atoms in total. The number of piperidine rings is 1. The molecule has 3 aromatic rings. The van der Waals surface area contributed by atoms with Gasteiger partial charge in [-0.15, -0.1) is 0 Å². The van der Waals surface area contributed by atoms with Gasteiger partial charge in [0.25, 0.3) is 0 Å². The summed E-state index contributed by atoms with van der Waals surface area (Å²) in [5.74, 6) is 0.797. The number of nitrogens with two attached hydrogens (primary N) is 1. The molecule has 1 saturated heterocycles. The highest BCUT2D eigenvalue weighted by atomic mass is 15.2. The zero-order valence-electron chi connectivity index (χ0n) is 19.3. The van der Waals surface area contributed by atoms with Crippen LogP contribution in [0.4, 0.5) is 5.69 Å². The molecular weight excluding hydrogens is 404 g/mol. The highest BCUT2D eigenvalue weighted by Crippen LogP contribution is 2.38. The molecule has 0 radical (unpaired) electrons. The average Bonchev–Trinajstić information content (AvgIpc) is 2.87. The minimum absolute atomic E-state index is 0.334. The number of likely N-dealkylation sites (tertiary alicyclic amines) is 1. The van der Waals surface area contributed by atoms with Crippen molar-refractivity contribution in [2.24, 2.45) is 0 Å². The largest absolute Gasteiger partial charge is 0.399 e. The maximum absolute atomic E-state index is 5.77. The van der Waals surface area contributed by atoms with E-state index in [2.05, 4.69) is 83.3 Å². The van der Waals surface area contributed by atoms with Crippen LogP contribution >= 0.6 is 0 Å². The summed E-state index contributed by atoms with van der Waals surface area (Å²) < 4.78 is 0. The van der Waals surface area contributed by atoms with E-state index < -0.39 is 0 Å². The van der Waals surface area contributed by atoms with Crippen molar-refractivity contribution in [3.05, 3.63) is 115 Å². The Labute approximate surface area is 197 Å². The maximum Gasteiger partial charge on any atom is 0.0918 e. The standard InChI is InChI=1S/C29H34N4/c1-22(20-31-23(2)32-21-24-15-17-26(30)18-16-24)33-19-9-8-14-29(33)28-13-7-6-12-27(28)25-10-4-3-5-11-25/h3-7,10-13,15-18,29,31-32H,1-2,8-9,14,19-21,30H2. The van der Waals surface area contributed by atoms with Crippen LogP contribution in [0, 0.1) is 0 Å². The van der Waals surface area contributed by atoms with Crippen LogP contribution < -0.4 is 16.4 Å². The first-order valence-electron chi connectivity index (χ1n) is 11.7. The van der Waals surface area contributed by atoms with Gasteiger partial charge < -0.3 is 21.3 Å². The number of nitrogens with one attached hydrogen (secondary N) is 2. The van der Waals surface area contributed by atoms with Gasteiger partial charge in [0.1, 0.15) is 0 Å². The van der Waals surface area contributed by atoms with Gasteiger partial charge in [0, 0.05) is 24.5 Å². The fourth-order valence-corrected chi connectivity index (χ4v) is 4.52. The first-order valence-corrected chi connectivity index (χ1v) is 11.7. The van der Waals surface area contributed by atoms with Gasteiger partial charge in [-0.1, -0.05) is 79.9 Å². The Morgan fingerprint density at radius 1 is 0.879 bits per heavy atom. The fourth-order valence-electron chi connectivity index (χ4n) is 4.52. The lowest BCUT2D eigenvalue weighted by atomic mass is 9.89. The summed E-state index contributed by atoms with van der Waals surface area (Å²) in [6.07, 6.45) is 3.57. The van der Waals surface area contributed by atoms with Crippen molar-refractivity contribution in [3.63, 3.8) is 0 Å².